The molecule has 0 radical (unpaired) electrons. The lowest BCUT2D eigenvalue weighted by molar-refractivity contribution is -0.110. The number of carbonyl (C=O) groups excluding carboxylic acids is 1. The van der Waals surface area contributed by atoms with Gasteiger partial charge >= 0.3 is 0 Å². The molecule has 2 heterocycles. The highest BCUT2D eigenvalue weighted by Crippen LogP contribution is 2.34. The topological polar surface area (TPSA) is 29.1 Å². The van der Waals surface area contributed by atoms with E-state index >= 15 is 0 Å². The van der Waals surface area contributed by atoms with Crippen molar-refractivity contribution in [2.24, 2.45) is 0 Å². The Morgan fingerprint density at radius 3 is 2.78 bits per heavy atom. The minimum absolute atomic E-state index is 0.202. The van der Waals surface area contributed by atoms with Gasteiger partial charge in [0.1, 0.15) is 5.82 Å². The number of fused-ring (bicyclic) bond motifs is 1. The molecule has 0 atom stereocenters. The molecule has 1 amide bonds. The van der Waals surface area contributed by atoms with Gasteiger partial charge in [0.2, 0.25) is 0 Å². The quantitative estimate of drug-likeness (QED) is 0.658. The Hall–Kier alpha value is -2.72. The first-order valence-electron chi connectivity index (χ1n) is 7.18. The van der Waals surface area contributed by atoms with Gasteiger partial charge in [-0.2, -0.15) is 0 Å². The molecule has 0 spiro atoms. The summed E-state index contributed by atoms with van der Waals surface area (Å²) in [5.74, 6) is -0.550. The maximum atomic E-state index is 13.5. The van der Waals surface area contributed by atoms with Crippen LogP contribution in [-0.2, 0) is 4.79 Å². The third-order valence-corrected chi connectivity index (χ3v) is 4.69. The number of hydrogen-bond donors (Lipinski definition) is 1. The molecule has 1 aliphatic rings. The van der Waals surface area contributed by atoms with Crippen LogP contribution in [0.1, 0.15) is 11.1 Å². The summed E-state index contributed by atoms with van der Waals surface area (Å²) in [5.41, 5.74) is 3.77. The van der Waals surface area contributed by atoms with E-state index in [0.29, 0.717) is 16.8 Å². The lowest BCUT2D eigenvalue weighted by Crippen LogP contribution is -2.03. The van der Waals surface area contributed by atoms with Crippen molar-refractivity contribution in [3.05, 3.63) is 76.9 Å². The van der Waals surface area contributed by atoms with Gasteiger partial charge in [-0.3, -0.25) is 4.79 Å². The number of halogens is 1. The highest BCUT2D eigenvalue weighted by Gasteiger charge is 2.24. The molecule has 2 aromatic carbocycles. The number of rotatable bonds is 2. The first kappa shape index (κ1) is 13.9. The van der Waals surface area contributed by atoms with Crippen molar-refractivity contribution in [2.75, 3.05) is 5.32 Å². The largest absolute Gasteiger partial charge is 0.321 e. The average molecular weight is 321 g/mol. The summed E-state index contributed by atoms with van der Waals surface area (Å²) < 4.78 is 13.5. The summed E-state index contributed by atoms with van der Waals surface area (Å²) >= 11 is 1.67. The van der Waals surface area contributed by atoms with Crippen LogP contribution in [0.15, 0.2) is 60.0 Å². The molecule has 0 unspecified atom stereocenters. The van der Waals surface area contributed by atoms with E-state index in [1.807, 2.05) is 35.7 Å². The number of nitrogens with one attached hydrogen (secondary N) is 1. The van der Waals surface area contributed by atoms with Crippen LogP contribution < -0.4 is 5.32 Å². The number of hydrogen-bond acceptors (Lipinski definition) is 2. The molecular formula is C19H12FNOS. The van der Waals surface area contributed by atoms with Gasteiger partial charge in [-0.25, -0.2) is 4.39 Å². The second-order valence-corrected chi connectivity index (χ2v) is 6.25. The van der Waals surface area contributed by atoms with E-state index in [2.05, 4.69) is 11.4 Å². The van der Waals surface area contributed by atoms with Crippen molar-refractivity contribution in [3.63, 3.8) is 0 Å². The van der Waals surface area contributed by atoms with Crippen LogP contribution in [0.25, 0.3) is 22.1 Å². The van der Waals surface area contributed by atoms with Crippen LogP contribution in [0.5, 0.6) is 0 Å². The highest BCUT2D eigenvalue weighted by molar-refractivity contribution is 7.13. The molecule has 1 N–H and O–H groups in total. The molecular weight excluding hydrogens is 309 g/mol. The second kappa shape index (κ2) is 5.48. The molecule has 0 saturated heterocycles. The smallest absolute Gasteiger partial charge is 0.256 e. The maximum Gasteiger partial charge on any atom is 0.256 e. The predicted molar refractivity (Wildman–Crippen MR) is 92.7 cm³/mol. The number of carbonyl (C=O) groups is 1. The van der Waals surface area contributed by atoms with E-state index in [1.165, 1.54) is 17.0 Å². The summed E-state index contributed by atoms with van der Waals surface area (Å²) in [6.45, 7) is 0. The standard InChI is InChI=1S/C19H12FNOS/c20-14-6-7-17-15(11-14)16(19(22)21-17)10-12-3-1-4-13(9-12)18-5-2-8-23-18/h1-11H,(H,21,22). The van der Waals surface area contributed by atoms with Crippen LogP contribution in [0.2, 0.25) is 0 Å². The maximum absolute atomic E-state index is 13.5. The molecule has 2 nitrogen and oxygen atoms in total. The second-order valence-electron chi connectivity index (χ2n) is 5.30. The van der Waals surface area contributed by atoms with Crippen molar-refractivity contribution in [1.29, 1.82) is 0 Å². The third-order valence-electron chi connectivity index (χ3n) is 3.77. The molecule has 4 heteroatoms. The van der Waals surface area contributed by atoms with Gasteiger partial charge in [0.25, 0.3) is 5.91 Å². The Morgan fingerprint density at radius 1 is 1.04 bits per heavy atom. The van der Waals surface area contributed by atoms with Gasteiger partial charge in [-0.05, 0) is 52.9 Å². The van der Waals surface area contributed by atoms with Crippen molar-refractivity contribution in [1.82, 2.24) is 0 Å². The highest BCUT2D eigenvalue weighted by atomic mass is 32.1. The molecule has 1 aromatic heterocycles. The van der Waals surface area contributed by atoms with Gasteiger partial charge in [0.15, 0.2) is 0 Å². The lowest BCUT2D eigenvalue weighted by Gasteiger charge is -2.02. The summed E-state index contributed by atoms with van der Waals surface area (Å²) in [6, 6.07) is 16.4. The lowest BCUT2D eigenvalue weighted by atomic mass is 10.0. The zero-order chi connectivity index (χ0) is 15.8. The number of thiophene rings is 1. The Bertz CT molecular complexity index is 928. The predicted octanol–water partition coefficient (Wildman–Crippen LogP) is 5.05. The first-order chi connectivity index (χ1) is 11.2. The zero-order valence-electron chi connectivity index (χ0n) is 12.0. The van der Waals surface area contributed by atoms with E-state index in [-0.39, 0.29) is 11.7 Å². The van der Waals surface area contributed by atoms with Crippen molar-refractivity contribution >= 4 is 34.6 Å². The number of amides is 1. The zero-order valence-corrected chi connectivity index (χ0v) is 12.9. The summed E-state index contributed by atoms with van der Waals surface area (Å²) in [4.78, 5) is 13.3. The SMILES string of the molecule is O=C1Nc2ccc(F)cc2C1=Cc1cccc(-c2cccs2)c1. The van der Waals surface area contributed by atoms with Crippen molar-refractivity contribution in [3.8, 4) is 10.4 Å². The van der Waals surface area contributed by atoms with Crippen LogP contribution in [0.4, 0.5) is 10.1 Å². The average Bonchev–Trinajstić information content (AvgIpc) is 3.18. The fourth-order valence-electron chi connectivity index (χ4n) is 2.69. The first-order valence-corrected chi connectivity index (χ1v) is 8.05. The summed E-state index contributed by atoms with van der Waals surface area (Å²) in [5, 5.41) is 4.80. The summed E-state index contributed by atoms with van der Waals surface area (Å²) in [6.07, 6.45) is 1.80. The van der Waals surface area contributed by atoms with Crippen LogP contribution in [0.3, 0.4) is 0 Å². The molecule has 0 bridgehead atoms. The van der Waals surface area contributed by atoms with Crippen LogP contribution in [-0.4, -0.2) is 5.91 Å². The van der Waals surface area contributed by atoms with E-state index in [1.54, 1.807) is 23.5 Å². The summed E-state index contributed by atoms with van der Waals surface area (Å²) in [7, 11) is 0. The Morgan fingerprint density at radius 2 is 1.96 bits per heavy atom. The van der Waals surface area contributed by atoms with Gasteiger partial charge in [-0.1, -0.05) is 24.3 Å². The van der Waals surface area contributed by atoms with E-state index < -0.39 is 0 Å². The van der Waals surface area contributed by atoms with Crippen LogP contribution in [0, 0.1) is 5.82 Å². The molecule has 0 aliphatic carbocycles. The van der Waals surface area contributed by atoms with Gasteiger partial charge in [-0.15, -0.1) is 11.3 Å². The molecule has 1 aliphatic heterocycles. The third kappa shape index (κ3) is 2.58. The van der Waals surface area contributed by atoms with Gasteiger partial charge in [0.05, 0.1) is 0 Å². The Labute approximate surface area is 136 Å². The van der Waals surface area contributed by atoms with Crippen molar-refractivity contribution in [2.45, 2.75) is 0 Å². The molecule has 0 fully saturated rings. The molecule has 23 heavy (non-hydrogen) atoms. The minimum Gasteiger partial charge on any atom is -0.321 e. The van der Waals surface area contributed by atoms with Crippen LogP contribution >= 0.6 is 11.3 Å². The number of anilines is 1. The van der Waals surface area contributed by atoms with E-state index in [0.717, 1.165) is 11.1 Å². The van der Waals surface area contributed by atoms with Crippen molar-refractivity contribution < 1.29 is 9.18 Å². The Kier molecular flexibility index (Phi) is 3.32. The monoisotopic (exact) mass is 321 g/mol. The Balaban J connectivity index is 1.78. The van der Waals surface area contributed by atoms with Gasteiger partial charge in [0, 0.05) is 21.7 Å². The fourth-order valence-corrected chi connectivity index (χ4v) is 3.42. The fraction of sp³-hybridized carbons (Fsp3) is 0. The molecule has 0 saturated carbocycles. The molecule has 4 rings (SSSR count). The normalized spacial score (nSPS) is 14.8. The van der Waals surface area contributed by atoms with E-state index in [9.17, 15) is 9.18 Å². The minimum atomic E-state index is -0.349. The number of benzene rings is 2. The molecule has 112 valence electrons. The van der Waals surface area contributed by atoms with Gasteiger partial charge < -0.3 is 5.32 Å². The van der Waals surface area contributed by atoms with E-state index in [4.69, 9.17) is 0 Å². The molecule has 3 aromatic rings.